The molecule has 168 valence electrons. The SMILES string of the molecule is CC[C@H](C)c1ccc(N(C(=O)c2ccco2)[C@H](C(=O)NC2CCCC2)c2cccs2)cc1. The van der Waals surface area contributed by atoms with Crippen molar-refractivity contribution in [2.75, 3.05) is 4.90 Å². The maximum absolute atomic E-state index is 13.6. The van der Waals surface area contributed by atoms with Gasteiger partial charge < -0.3 is 9.73 Å². The van der Waals surface area contributed by atoms with Gasteiger partial charge in [-0.1, -0.05) is 44.9 Å². The van der Waals surface area contributed by atoms with Crippen molar-refractivity contribution in [1.29, 1.82) is 0 Å². The van der Waals surface area contributed by atoms with E-state index >= 15 is 0 Å². The van der Waals surface area contributed by atoms with Crippen molar-refractivity contribution in [1.82, 2.24) is 5.32 Å². The molecule has 3 aromatic rings. The van der Waals surface area contributed by atoms with E-state index in [9.17, 15) is 9.59 Å². The van der Waals surface area contributed by atoms with E-state index in [1.165, 1.54) is 23.2 Å². The van der Waals surface area contributed by atoms with Crippen molar-refractivity contribution in [3.8, 4) is 0 Å². The molecule has 0 saturated heterocycles. The number of rotatable bonds is 8. The van der Waals surface area contributed by atoms with E-state index in [1.54, 1.807) is 17.0 Å². The number of benzene rings is 1. The normalized spacial score (nSPS) is 15.9. The van der Waals surface area contributed by atoms with Gasteiger partial charge in [-0.15, -0.1) is 11.3 Å². The molecule has 32 heavy (non-hydrogen) atoms. The van der Waals surface area contributed by atoms with Crippen LogP contribution in [0, 0.1) is 0 Å². The van der Waals surface area contributed by atoms with Gasteiger partial charge in [0.15, 0.2) is 11.8 Å². The first-order valence-corrected chi connectivity index (χ1v) is 12.3. The van der Waals surface area contributed by atoms with E-state index in [1.807, 2.05) is 41.8 Å². The van der Waals surface area contributed by atoms with E-state index in [4.69, 9.17) is 4.42 Å². The minimum atomic E-state index is -0.761. The molecule has 1 aromatic carbocycles. The van der Waals surface area contributed by atoms with E-state index in [0.29, 0.717) is 11.6 Å². The van der Waals surface area contributed by atoms with Gasteiger partial charge in [0, 0.05) is 16.6 Å². The standard InChI is InChI=1S/C26H30N2O3S/c1-3-18(2)19-12-14-21(15-13-19)28(26(30)22-10-6-16-31-22)24(23-11-7-17-32-23)25(29)27-20-8-4-5-9-20/h6-7,10-18,20,24H,3-5,8-9H2,1-2H3,(H,27,29)/t18-,24-/m0/s1. The second-order valence-electron chi connectivity index (χ2n) is 8.46. The Labute approximate surface area is 193 Å². The predicted molar refractivity (Wildman–Crippen MR) is 128 cm³/mol. The molecule has 2 amide bonds. The van der Waals surface area contributed by atoms with E-state index in [2.05, 4.69) is 19.2 Å². The van der Waals surface area contributed by atoms with Crippen LogP contribution in [0.15, 0.2) is 64.6 Å². The molecule has 1 aliphatic carbocycles. The van der Waals surface area contributed by atoms with Gasteiger partial charge >= 0.3 is 0 Å². The van der Waals surface area contributed by atoms with Crippen LogP contribution in [-0.2, 0) is 4.79 Å². The van der Waals surface area contributed by atoms with Crippen molar-refractivity contribution in [3.05, 3.63) is 76.4 Å². The molecule has 1 saturated carbocycles. The fourth-order valence-electron chi connectivity index (χ4n) is 4.27. The predicted octanol–water partition coefficient (Wildman–Crippen LogP) is 6.30. The Morgan fingerprint density at radius 3 is 2.47 bits per heavy atom. The minimum Gasteiger partial charge on any atom is -0.459 e. The monoisotopic (exact) mass is 450 g/mol. The smallest absolute Gasteiger partial charge is 0.295 e. The fraction of sp³-hybridized carbons (Fsp3) is 0.385. The van der Waals surface area contributed by atoms with Crippen LogP contribution < -0.4 is 10.2 Å². The summed E-state index contributed by atoms with van der Waals surface area (Å²) in [5, 5.41) is 5.14. The third-order valence-electron chi connectivity index (χ3n) is 6.32. The number of nitrogens with zero attached hydrogens (tertiary/aromatic N) is 1. The number of carbonyl (C=O) groups excluding carboxylic acids is 2. The van der Waals surface area contributed by atoms with E-state index in [0.717, 1.165) is 37.0 Å². The van der Waals surface area contributed by atoms with Gasteiger partial charge in [0.1, 0.15) is 0 Å². The zero-order valence-corrected chi connectivity index (χ0v) is 19.4. The Hall–Kier alpha value is -2.86. The summed E-state index contributed by atoms with van der Waals surface area (Å²) in [5.41, 5.74) is 1.89. The Balaban J connectivity index is 1.74. The number of thiophene rings is 1. The van der Waals surface area contributed by atoms with Gasteiger partial charge in [0.05, 0.1) is 6.26 Å². The second-order valence-corrected chi connectivity index (χ2v) is 9.44. The van der Waals surface area contributed by atoms with Crippen molar-refractivity contribution < 1.29 is 14.0 Å². The van der Waals surface area contributed by atoms with Crippen LogP contribution in [-0.4, -0.2) is 17.9 Å². The zero-order chi connectivity index (χ0) is 22.5. The van der Waals surface area contributed by atoms with Crippen LogP contribution in [0.25, 0.3) is 0 Å². The zero-order valence-electron chi connectivity index (χ0n) is 18.6. The molecule has 0 aliphatic heterocycles. The number of amides is 2. The number of hydrogen-bond acceptors (Lipinski definition) is 4. The fourth-order valence-corrected chi connectivity index (χ4v) is 5.09. The van der Waals surface area contributed by atoms with Crippen molar-refractivity contribution in [2.45, 2.75) is 64.0 Å². The van der Waals surface area contributed by atoms with Gasteiger partial charge in [-0.05, 0) is 66.5 Å². The van der Waals surface area contributed by atoms with Gasteiger partial charge in [-0.3, -0.25) is 14.5 Å². The maximum Gasteiger partial charge on any atom is 0.295 e. The van der Waals surface area contributed by atoms with Crippen LogP contribution >= 0.6 is 11.3 Å². The average molecular weight is 451 g/mol. The Morgan fingerprint density at radius 2 is 1.88 bits per heavy atom. The molecule has 1 aliphatic rings. The van der Waals surface area contributed by atoms with Gasteiger partial charge in [-0.25, -0.2) is 0 Å². The maximum atomic E-state index is 13.6. The lowest BCUT2D eigenvalue weighted by Crippen LogP contribution is -2.46. The molecule has 1 N–H and O–H groups in total. The summed E-state index contributed by atoms with van der Waals surface area (Å²) >= 11 is 1.48. The first-order chi connectivity index (χ1) is 15.6. The first-order valence-electron chi connectivity index (χ1n) is 11.4. The summed E-state index contributed by atoms with van der Waals surface area (Å²) in [6.45, 7) is 4.34. The molecule has 2 atom stereocenters. The van der Waals surface area contributed by atoms with Gasteiger partial charge in [-0.2, -0.15) is 0 Å². The molecule has 2 heterocycles. The van der Waals surface area contributed by atoms with E-state index < -0.39 is 6.04 Å². The molecular formula is C26H30N2O3S. The van der Waals surface area contributed by atoms with Crippen molar-refractivity contribution in [2.24, 2.45) is 0 Å². The summed E-state index contributed by atoms with van der Waals surface area (Å²) in [5.74, 6) is 0.166. The highest BCUT2D eigenvalue weighted by atomic mass is 32.1. The first kappa shape index (κ1) is 22.3. The number of hydrogen-bond donors (Lipinski definition) is 1. The summed E-state index contributed by atoms with van der Waals surface area (Å²) in [6.07, 6.45) is 6.74. The number of carbonyl (C=O) groups is 2. The van der Waals surface area contributed by atoms with E-state index in [-0.39, 0.29) is 23.6 Å². The molecule has 2 aromatic heterocycles. The topological polar surface area (TPSA) is 62.6 Å². The third-order valence-corrected chi connectivity index (χ3v) is 7.25. The lowest BCUT2D eigenvalue weighted by Gasteiger charge is -2.31. The molecule has 6 heteroatoms. The molecular weight excluding hydrogens is 420 g/mol. The highest BCUT2D eigenvalue weighted by molar-refractivity contribution is 7.10. The lowest BCUT2D eigenvalue weighted by atomic mass is 9.98. The molecule has 0 unspecified atom stereocenters. The number of furan rings is 1. The average Bonchev–Trinajstić information content (AvgIpc) is 3.60. The summed E-state index contributed by atoms with van der Waals surface area (Å²) in [6, 6.07) is 14.5. The molecule has 4 rings (SSSR count). The third kappa shape index (κ3) is 4.80. The molecule has 5 nitrogen and oxygen atoms in total. The van der Waals surface area contributed by atoms with Crippen LogP contribution in [0.1, 0.15) is 78.9 Å². The molecule has 0 spiro atoms. The Bertz CT molecular complexity index is 1010. The molecule has 0 radical (unpaired) electrons. The summed E-state index contributed by atoms with van der Waals surface area (Å²) < 4.78 is 5.44. The highest BCUT2D eigenvalue weighted by Gasteiger charge is 2.36. The Morgan fingerprint density at radius 1 is 1.12 bits per heavy atom. The quantitative estimate of drug-likeness (QED) is 0.438. The largest absolute Gasteiger partial charge is 0.459 e. The van der Waals surface area contributed by atoms with Crippen LogP contribution in [0.5, 0.6) is 0 Å². The number of nitrogens with one attached hydrogen (secondary N) is 1. The highest BCUT2D eigenvalue weighted by Crippen LogP contribution is 2.34. The minimum absolute atomic E-state index is 0.148. The summed E-state index contributed by atoms with van der Waals surface area (Å²) in [7, 11) is 0. The van der Waals surface area contributed by atoms with Crippen molar-refractivity contribution >= 4 is 28.8 Å². The van der Waals surface area contributed by atoms with Crippen LogP contribution in [0.2, 0.25) is 0 Å². The van der Waals surface area contributed by atoms with Gasteiger partial charge in [0.2, 0.25) is 5.91 Å². The molecule has 1 fully saturated rings. The second kappa shape index (κ2) is 10.2. The van der Waals surface area contributed by atoms with Crippen molar-refractivity contribution in [3.63, 3.8) is 0 Å². The van der Waals surface area contributed by atoms with Crippen LogP contribution in [0.4, 0.5) is 5.69 Å². The van der Waals surface area contributed by atoms with Crippen LogP contribution in [0.3, 0.4) is 0 Å². The molecule has 0 bridgehead atoms. The van der Waals surface area contributed by atoms with Gasteiger partial charge in [0.25, 0.3) is 5.91 Å². The lowest BCUT2D eigenvalue weighted by molar-refractivity contribution is -0.123. The number of anilines is 1. The Kier molecular flexibility index (Phi) is 7.10. The summed E-state index contributed by atoms with van der Waals surface area (Å²) in [4.78, 5) is 29.6.